The maximum absolute atomic E-state index is 4.31. The lowest BCUT2D eigenvalue weighted by Gasteiger charge is -2.20. The van der Waals surface area contributed by atoms with Crippen molar-refractivity contribution in [3.05, 3.63) is 17.3 Å². The van der Waals surface area contributed by atoms with Crippen molar-refractivity contribution in [2.24, 2.45) is 0 Å². The van der Waals surface area contributed by atoms with Gasteiger partial charge in [-0.05, 0) is 37.4 Å². The van der Waals surface area contributed by atoms with Crippen LogP contribution in [0.15, 0.2) is 6.07 Å². The molecule has 2 aliphatic rings. The lowest BCUT2D eigenvalue weighted by atomic mass is 10.1. The fraction of sp³-hybridized carbons (Fsp3) is 0.636. The number of anilines is 1. The number of rotatable bonds is 1. The molecule has 0 unspecified atom stereocenters. The maximum Gasteiger partial charge on any atom is 0.151 e. The molecule has 3 heterocycles. The van der Waals surface area contributed by atoms with Crippen LogP contribution in [0.4, 0.5) is 5.82 Å². The smallest absolute Gasteiger partial charge is 0.151 e. The van der Waals surface area contributed by atoms with Crippen LogP contribution in [0, 0.1) is 0 Å². The van der Waals surface area contributed by atoms with Crippen LogP contribution in [0.2, 0.25) is 0 Å². The van der Waals surface area contributed by atoms with E-state index in [0.717, 1.165) is 44.1 Å². The van der Waals surface area contributed by atoms with Crippen molar-refractivity contribution in [1.29, 1.82) is 0 Å². The largest absolute Gasteiger partial charge is 0.355 e. The summed E-state index contributed by atoms with van der Waals surface area (Å²) in [5.41, 5.74) is 2.51. The summed E-state index contributed by atoms with van der Waals surface area (Å²) in [5.74, 6) is 1.08. The zero-order chi connectivity index (χ0) is 10.1. The van der Waals surface area contributed by atoms with E-state index in [4.69, 9.17) is 0 Å². The van der Waals surface area contributed by atoms with Gasteiger partial charge < -0.3 is 10.2 Å². The third-order valence-electron chi connectivity index (χ3n) is 3.24. The van der Waals surface area contributed by atoms with Gasteiger partial charge in [-0.2, -0.15) is 5.10 Å². The third kappa shape index (κ3) is 1.69. The second kappa shape index (κ2) is 3.77. The first-order valence-electron chi connectivity index (χ1n) is 5.74. The van der Waals surface area contributed by atoms with E-state index in [1.54, 1.807) is 0 Å². The summed E-state index contributed by atoms with van der Waals surface area (Å²) in [5, 5.41) is 11.9. The minimum absolute atomic E-state index is 0.878. The van der Waals surface area contributed by atoms with Gasteiger partial charge >= 0.3 is 0 Å². The summed E-state index contributed by atoms with van der Waals surface area (Å²) >= 11 is 0. The number of nitrogens with one attached hydrogen (secondary N) is 1. The topological polar surface area (TPSA) is 41.1 Å². The molecule has 1 aromatic heterocycles. The lowest BCUT2D eigenvalue weighted by molar-refractivity contribution is 0.615. The quantitative estimate of drug-likeness (QED) is 0.732. The van der Waals surface area contributed by atoms with Gasteiger partial charge in [0, 0.05) is 19.6 Å². The van der Waals surface area contributed by atoms with Gasteiger partial charge in [-0.1, -0.05) is 0 Å². The molecular formula is C11H16N4. The molecule has 3 rings (SSSR count). The van der Waals surface area contributed by atoms with E-state index in [2.05, 4.69) is 26.5 Å². The highest BCUT2D eigenvalue weighted by Gasteiger charge is 2.17. The normalized spacial score (nSPS) is 20.4. The molecule has 0 bridgehead atoms. The Bertz CT molecular complexity index is 358. The maximum atomic E-state index is 4.31. The third-order valence-corrected chi connectivity index (χ3v) is 3.24. The highest BCUT2D eigenvalue weighted by Crippen LogP contribution is 2.20. The highest BCUT2D eigenvalue weighted by atomic mass is 15.3. The number of aromatic nitrogens is 2. The van der Waals surface area contributed by atoms with Gasteiger partial charge in [0.1, 0.15) is 0 Å². The molecular weight excluding hydrogens is 188 g/mol. The molecule has 0 atom stereocenters. The van der Waals surface area contributed by atoms with Gasteiger partial charge in [-0.15, -0.1) is 5.10 Å². The van der Waals surface area contributed by atoms with E-state index < -0.39 is 0 Å². The Morgan fingerprint density at radius 2 is 2.07 bits per heavy atom. The average Bonchev–Trinajstić information content (AvgIpc) is 2.82. The Morgan fingerprint density at radius 3 is 2.93 bits per heavy atom. The summed E-state index contributed by atoms with van der Waals surface area (Å²) < 4.78 is 0. The zero-order valence-corrected chi connectivity index (χ0v) is 8.87. The van der Waals surface area contributed by atoms with Gasteiger partial charge in [-0.25, -0.2) is 0 Å². The van der Waals surface area contributed by atoms with Crippen LogP contribution in [0.3, 0.4) is 0 Å². The summed E-state index contributed by atoms with van der Waals surface area (Å²) in [7, 11) is 0. The molecule has 0 aliphatic carbocycles. The van der Waals surface area contributed by atoms with Gasteiger partial charge in [0.25, 0.3) is 0 Å². The van der Waals surface area contributed by atoms with Crippen LogP contribution in [-0.2, 0) is 13.0 Å². The highest BCUT2D eigenvalue weighted by molar-refractivity contribution is 5.42. The first kappa shape index (κ1) is 9.09. The molecule has 15 heavy (non-hydrogen) atoms. The molecule has 2 aliphatic heterocycles. The second-order valence-electron chi connectivity index (χ2n) is 4.30. The van der Waals surface area contributed by atoms with Crippen LogP contribution in [0.5, 0.6) is 0 Å². The van der Waals surface area contributed by atoms with E-state index in [0.29, 0.717) is 0 Å². The summed E-state index contributed by atoms with van der Waals surface area (Å²) in [6.45, 7) is 4.23. The Morgan fingerprint density at radius 1 is 1.20 bits per heavy atom. The number of hydrogen-bond acceptors (Lipinski definition) is 4. The Labute approximate surface area is 89.7 Å². The van der Waals surface area contributed by atoms with Crippen LogP contribution in [0.1, 0.15) is 24.1 Å². The molecule has 0 aromatic carbocycles. The molecule has 1 aromatic rings. The van der Waals surface area contributed by atoms with Gasteiger partial charge in [0.05, 0.1) is 5.69 Å². The fourth-order valence-electron chi connectivity index (χ4n) is 2.34. The van der Waals surface area contributed by atoms with Crippen molar-refractivity contribution in [3.8, 4) is 0 Å². The molecule has 4 heteroatoms. The van der Waals surface area contributed by atoms with E-state index in [-0.39, 0.29) is 0 Å². The van der Waals surface area contributed by atoms with E-state index in [9.17, 15) is 0 Å². The Hall–Kier alpha value is -1.16. The van der Waals surface area contributed by atoms with Crippen LogP contribution in [0.25, 0.3) is 0 Å². The molecule has 0 saturated carbocycles. The molecule has 0 radical (unpaired) electrons. The van der Waals surface area contributed by atoms with Crippen molar-refractivity contribution >= 4 is 5.82 Å². The first-order chi connectivity index (χ1) is 7.43. The van der Waals surface area contributed by atoms with Gasteiger partial charge in [0.2, 0.25) is 0 Å². The fourth-order valence-corrected chi connectivity index (χ4v) is 2.34. The first-order valence-corrected chi connectivity index (χ1v) is 5.74. The minimum Gasteiger partial charge on any atom is -0.355 e. The summed E-state index contributed by atoms with van der Waals surface area (Å²) in [6.07, 6.45) is 3.67. The molecule has 4 nitrogen and oxygen atoms in total. The number of fused-ring (bicyclic) bond motifs is 1. The number of nitrogens with zero attached hydrogens (tertiary/aromatic N) is 3. The van der Waals surface area contributed by atoms with Crippen LogP contribution >= 0.6 is 0 Å². The van der Waals surface area contributed by atoms with Gasteiger partial charge in [-0.3, -0.25) is 0 Å². The van der Waals surface area contributed by atoms with Crippen molar-refractivity contribution in [3.63, 3.8) is 0 Å². The van der Waals surface area contributed by atoms with E-state index in [1.165, 1.54) is 18.4 Å². The minimum atomic E-state index is 0.878. The van der Waals surface area contributed by atoms with Crippen LogP contribution in [-0.4, -0.2) is 29.8 Å². The van der Waals surface area contributed by atoms with Crippen molar-refractivity contribution < 1.29 is 0 Å². The van der Waals surface area contributed by atoms with E-state index in [1.807, 2.05) is 0 Å². The lowest BCUT2D eigenvalue weighted by Crippen LogP contribution is -2.27. The molecule has 80 valence electrons. The Kier molecular flexibility index (Phi) is 2.29. The second-order valence-corrected chi connectivity index (χ2v) is 4.30. The molecule has 1 fully saturated rings. The van der Waals surface area contributed by atoms with Crippen molar-refractivity contribution in [2.45, 2.75) is 25.8 Å². The summed E-state index contributed by atoms with van der Waals surface area (Å²) in [6, 6.07) is 2.23. The van der Waals surface area contributed by atoms with Crippen molar-refractivity contribution in [2.75, 3.05) is 24.5 Å². The predicted molar refractivity (Wildman–Crippen MR) is 58.9 cm³/mol. The average molecular weight is 204 g/mol. The molecule has 0 spiro atoms. The van der Waals surface area contributed by atoms with Crippen molar-refractivity contribution in [1.82, 2.24) is 15.5 Å². The Balaban J connectivity index is 1.89. The van der Waals surface area contributed by atoms with E-state index >= 15 is 0 Å². The molecule has 1 saturated heterocycles. The van der Waals surface area contributed by atoms with Gasteiger partial charge in [0.15, 0.2) is 5.82 Å². The predicted octanol–water partition coefficient (Wildman–Crippen LogP) is 0.722. The number of hydrogen-bond donors (Lipinski definition) is 1. The van der Waals surface area contributed by atoms with Crippen LogP contribution < -0.4 is 10.2 Å². The molecule has 1 N–H and O–H groups in total. The standard InChI is InChI=1S/C11H16N4/c1-2-6-15(5-1)11-7-9-3-4-12-8-10(9)13-14-11/h7,12H,1-6,8H2. The molecule has 0 amide bonds. The summed E-state index contributed by atoms with van der Waals surface area (Å²) in [4.78, 5) is 2.34. The monoisotopic (exact) mass is 204 g/mol. The zero-order valence-electron chi connectivity index (χ0n) is 8.87. The SMILES string of the molecule is c1c(N2CCCC2)nnc2c1CCNC2.